The van der Waals surface area contributed by atoms with Crippen molar-refractivity contribution >= 4 is 23.1 Å². The Kier molecular flexibility index (Phi) is 8.06. The number of benzene rings is 3. The van der Waals surface area contributed by atoms with Gasteiger partial charge in [0.1, 0.15) is 11.7 Å². The van der Waals surface area contributed by atoms with Gasteiger partial charge in [-0.25, -0.2) is 4.39 Å². The van der Waals surface area contributed by atoms with Crippen LogP contribution in [-0.4, -0.2) is 42.6 Å². The van der Waals surface area contributed by atoms with Crippen molar-refractivity contribution in [2.45, 2.75) is 25.2 Å². The number of nitrogens with zero attached hydrogens (tertiary/aromatic N) is 1. The van der Waals surface area contributed by atoms with Crippen molar-refractivity contribution < 1.29 is 4.39 Å². The van der Waals surface area contributed by atoms with Crippen molar-refractivity contribution in [2.75, 3.05) is 26.2 Å². The van der Waals surface area contributed by atoms with E-state index in [-0.39, 0.29) is 11.5 Å². The first-order valence-electron chi connectivity index (χ1n) is 13.3. The van der Waals surface area contributed by atoms with Crippen LogP contribution < -0.4 is 5.32 Å². The van der Waals surface area contributed by atoms with Gasteiger partial charge in [-0.2, -0.15) is 0 Å². The molecule has 1 saturated heterocycles. The van der Waals surface area contributed by atoms with Crippen molar-refractivity contribution in [1.82, 2.24) is 10.2 Å². The lowest BCUT2D eigenvalue weighted by Crippen LogP contribution is -2.38. The highest BCUT2D eigenvalue weighted by Crippen LogP contribution is 2.59. The van der Waals surface area contributed by atoms with Gasteiger partial charge in [0.2, 0.25) is 0 Å². The number of likely N-dealkylation sites (tertiary alicyclic amines) is 1. The largest absolute Gasteiger partial charge is 0.370 e. The number of hydrogen-bond donors (Lipinski definition) is 3. The summed E-state index contributed by atoms with van der Waals surface area (Å²) >= 11 is 6.09. The SMILES string of the molecule is N=C(/C=C\C(=N)c1cc(F)ccc1Cl)NCC1CC12CCN(CC(c1ccccc1)c1ccccc1)CC2. The summed E-state index contributed by atoms with van der Waals surface area (Å²) < 4.78 is 13.5. The molecule has 0 amide bonds. The molecule has 1 heterocycles. The number of piperidine rings is 1. The van der Waals surface area contributed by atoms with Crippen molar-refractivity contribution in [3.8, 4) is 0 Å². The van der Waals surface area contributed by atoms with E-state index in [1.807, 2.05) is 0 Å². The zero-order chi connectivity index (χ0) is 26.5. The molecule has 6 heteroatoms. The van der Waals surface area contributed by atoms with E-state index in [2.05, 4.69) is 70.9 Å². The lowest BCUT2D eigenvalue weighted by molar-refractivity contribution is 0.159. The van der Waals surface area contributed by atoms with Gasteiger partial charge in [0, 0.05) is 24.6 Å². The molecular weight excluding hydrogens is 495 g/mol. The molecule has 1 unspecified atom stereocenters. The molecule has 1 aliphatic carbocycles. The van der Waals surface area contributed by atoms with E-state index >= 15 is 0 Å². The van der Waals surface area contributed by atoms with Gasteiger partial charge in [-0.15, -0.1) is 0 Å². The molecule has 1 aliphatic heterocycles. The van der Waals surface area contributed by atoms with Crippen molar-refractivity contribution in [1.29, 1.82) is 10.8 Å². The number of hydrogen-bond acceptors (Lipinski definition) is 3. The smallest absolute Gasteiger partial charge is 0.123 e. The summed E-state index contributed by atoms with van der Waals surface area (Å²) in [7, 11) is 0. The Morgan fingerprint density at radius 1 is 0.974 bits per heavy atom. The van der Waals surface area contributed by atoms with Crippen LogP contribution in [0.2, 0.25) is 5.02 Å². The van der Waals surface area contributed by atoms with E-state index in [1.165, 1.54) is 54.7 Å². The summed E-state index contributed by atoms with van der Waals surface area (Å²) in [6, 6.07) is 25.6. The highest BCUT2D eigenvalue weighted by molar-refractivity contribution is 6.34. The van der Waals surface area contributed by atoms with Crippen LogP contribution in [-0.2, 0) is 0 Å². The molecule has 2 fully saturated rings. The quantitative estimate of drug-likeness (QED) is 0.209. The fourth-order valence-corrected chi connectivity index (χ4v) is 6.02. The van der Waals surface area contributed by atoms with E-state index in [4.69, 9.17) is 22.4 Å². The van der Waals surface area contributed by atoms with Gasteiger partial charge in [0.25, 0.3) is 0 Å². The summed E-state index contributed by atoms with van der Waals surface area (Å²) in [6.07, 6.45) is 6.64. The summed E-state index contributed by atoms with van der Waals surface area (Å²) in [6.45, 7) is 4.02. The molecule has 196 valence electrons. The van der Waals surface area contributed by atoms with Gasteiger partial charge < -0.3 is 15.6 Å². The Bertz CT molecular complexity index is 1260. The maximum Gasteiger partial charge on any atom is 0.123 e. The second-order valence-corrected chi connectivity index (χ2v) is 11.0. The first-order valence-corrected chi connectivity index (χ1v) is 13.7. The summed E-state index contributed by atoms with van der Waals surface area (Å²) in [5, 5.41) is 19.9. The lowest BCUT2D eigenvalue weighted by atomic mass is 9.87. The number of allylic oxidation sites excluding steroid dienone is 1. The van der Waals surface area contributed by atoms with Crippen LogP contribution in [0.15, 0.2) is 91.0 Å². The van der Waals surface area contributed by atoms with Gasteiger partial charge in [-0.1, -0.05) is 72.3 Å². The average Bonchev–Trinajstić information content (AvgIpc) is 3.63. The maximum atomic E-state index is 13.5. The van der Waals surface area contributed by atoms with Gasteiger partial charge in [0.05, 0.1) is 10.7 Å². The first kappa shape index (κ1) is 26.3. The van der Waals surface area contributed by atoms with Crippen LogP contribution in [0.4, 0.5) is 4.39 Å². The molecule has 4 nitrogen and oxygen atoms in total. The fraction of sp³-hybridized carbons (Fsp3) is 0.312. The van der Waals surface area contributed by atoms with E-state index in [1.54, 1.807) is 6.08 Å². The minimum Gasteiger partial charge on any atom is -0.370 e. The average molecular weight is 529 g/mol. The molecule has 1 spiro atoms. The molecule has 1 atom stereocenters. The van der Waals surface area contributed by atoms with Crippen LogP contribution in [0, 0.1) is 28.0 Å². The van der Waals surface area contributed by atoms with Gasteiger partial charge in [-0.05, 0) is 85.2 Å². The molecule has 0 radical (unpaired) electrons. The van der Waals surface area contributed by atoms with Crippen LogP contribution in [0.5, 0.6) is 0 Å². The fourth-order valence-electron chi connectivity index (χ4n) is 5.80. The normalized spacial score (nSPS) is 18.7. The summed E-state index contributed by atoms with van der Waals surface area (Å²) in [5.74, 6) is 0.776. The van der Waals surface area contributed by atoms with Crippen molar-refractivity contribution in [3.63, 3.8) is 0 Å². The van der Waals surface area contributed by atoms with Gasteiger partial charge in [-0.3, -0.25) is 5.41 Å². The van der Waals surface area contributed by atoms with Crippen molar-refractivity contribution in [3.05, 3.63) is 119 Å². The second kappa shape index (κ2) is 11.6. The maximum absolute atomic E-state index is 13.5. The molecule has 38 heavy (non-hydrogen) atoms. The molecule has 3 N–H and O–H groups in total. The lowest BCUT2D eigenvalue weighted by Gasteiger charge is -2.35. The van der Waals surface area contributed by atoms with Crippen LogP contribution >= 0.6 is 11.6 Å². The minimum absolute atomic E-state index is 0.0839. The van der Waals surface area contributed by atoms with E-state index in [9.17, 15) is 4.39 Å². The van der Waals surface area contributed by atoms with Crippen LogP contribution in [0.1, 0.15) is 41.9 Å². The van der Waals surface area contributed by atoms with Gasteiger partial charge in [0.15, 0.2) is 0 Å². The molecule has 3 aromatic carbocycles. The Labute approximate surface area is 229 Å². The van der Waals surface area contributed by atoms with Crippen LogP contribution in [0.3, 0.4) is 0 Å². The molecule has 1 saturated carbocycles. The Balaban J connectivity index is 1.10. The third-order valence-electron chi connectivity index (χ3n) is 8.23. The predicted molar refractivity (Wildman–Crippen MR) is 154 cm³/mol. The molecule has 2 aliphatic rings. The third kappa shape index (κ3) is 6.23. The number of amidine groups is 1. The molecule has 5 rings (SSSR count). The number of rotatable bonds is 9. The second-order valence-electron chi connectivity index (χ2n) is 10.6. The van der Waals surface area contributed by atoms with Gasteiger partial charge >= 0.3 is 0 Å². The number of nitrogens with one attached hydrogen (secondary N) is 3. The van der Waals surface area contributed by atoms with E-state index < -0.39 is 5.82 Å². The summed E-state index contributed by atoms with van der Waals surface area (Å²) in [4.78, 5) is 2.62. The zero-order valence-electron chi connectivity index (χ0n) is 21.5. The van der Waals surface area contributed by atoms with Crippen molar-refractivity contribution in [2.24, 2.45) is 11.3 Å². The van der Waals surface area contributed by atoms with E-state index in [0.717, 1.165) is 26.2 Å². The Morgan fingerprint density at radius 2 is 1.61 bits per heavy atom. The van der Waals surface area contributed by atoms with Crippen LogP contribution in [0.25, 0.3) is 0 Å². The predicted octanol–water partition coefficient (Wildman–Crippen LogP) is 6.90. The topological polar surface area (TPSA) is 63.0 Å². The molecule has 0 aromatic heterocycles. The highest BCUT2D eigenvalue weighted by Gasteiger charge is 2.54. The molecular formula is C32H34ClFN4. The Hall–Kier alpha value is -3.28. The summed E-state index contributed by atoms with van der Waals surface area (Å²) in [5.41, 5.74) is 3.54. The van der Waals surface area contributed by atoms with E-state index in [0.29, 0.717) is 27.8 Å². The third-order valence-corrected chi connectivity index (χ3v) is 8.56. The standard InChI is InChI=1S/C32H34ClFN4/c33-29-12-11-26(34)19-27(29)30(35)13-14-31(36)37-21-25-20-32(25)15-17-38(18-16-32)22-28(23-7-3-1-4-8-23)24-9-5-2-6-10-24/h1-14,19,25,28,35H,15-18,20-22H2,(H2,36,37)/b14-13-,35-30?. The minimum atomic E-state index is -0.434. The number of halogens is 2. The highest BCUT2D eigenvalue weighted by atomic mass is 35.5. The zero-order valence-corrected chi connectivity index (χ0v) is 22.2. The molecule has 0 bridgehead atoms. The Morgan fingerprint density at radius 3 is 2.24 bits per heavy atom. The first-order chi connectivity index (χ1) is 18.4. The molecule has 3 aromatic rings. The monoisotopic (exact) mass is 528 g/mol.